The van der Waals surface area contributed by atoms with Gasteiger partial charge < -0.3 is 10.5 Å². The van der Waals surface area contributed by atoms with Gasteiger partial charge in [0.1, 0.15) is 5.75 Å². The molecule has 6 nitrogen and oxygen atoms in total. The van der Waals surface area contributed by atoms with Crippen molar-refractivity contribution in [1.29, 1.82) is 0 Å². The van der Waals surface area contributed by atoms with Crippen molar-refractivity contribution in [1.82, 2.24) is 10.2 Å². The third kappa shape index (κ3) is 2.66. The van der Waals surface area contributed by atoms with E-state index in [1.165, 1.54) is 0 Å². The van der Waals surface area contributed by atoms with E-state index in [-0.39, 0.29) is 24.4 Å². The van der Waals surface area contributed by atoms with Gasteiger partial charge >= 0.3 is 0 Å². The molecule has 20 heavy (non-hydrogen) atoms. The predicted octanol–water partition coefficient (Wildman–Crippen LogP) is 0.0419. The van der Waals surface area contributed by atoms with E-state index in [0.717, 1.165) is 5.56 Å². The van der Waals surface area contributed by atoms with Gasteiger partial charge in [-0.2, -0.15) is 0 Å². The summed E-state index contributed by atoms with van der Waals surface area (Å²) in [6, 6.07) is 6.85. The van der Waals surface area contributed by atoms with Crippen molar-refractivity contribution in [3.8, 4) is 5.75 Å². The highest BCUT2D eigenvalue weighted by atomic mass is 16.5. The van der Waals surface area contributed by atoms with Gasteiger partial charge in [-0.3, -0.25) is 19.8 Å². The second-order valence-electron chi connectivity index (χ2n) is 4.75. The molecule has 0 spiro atoms. The van der Waals surface area contributed by atoms with Crippen LogP contribution in [-0.2, 0) is 9.59 Å². The Bertz CT molecular complexity index is 518. The van der Waals surface area contributed by atoms with Gasteiger partial charge in [0.05, 0.1) is 25.7 Å². The molecule has 2 unspecified atom stereocenters. The highest BCUT2D eigenvalue weighted by Crippen LogP contribution is 2.30. The van der Waals surface area contributed by atoms with E-state index < -0.39 is 6.04 Å². The number of amides is 2. The first-order valence-corrected chi connectivity index (χ1v) is 6.51. The van der Waals surface area contributed by atoms with Gasteiger partial charge in [-0.1, -0.05) is 18.2 Å². The predicted molar refractivity (Wildman–Crippen MR) is 74.1 cm³/mol. The Morgan fingerprint density at radius 1 is 1.45 bits per heavy atom. The van der Waals surface area contributed by atoms with Crippen molar-refractivity contribution in [2.75, 3.05) is 20.2 Å². The Hall–Kier alpha value is -1.92. The maximum atomic E-state index is 11.8. The zero-order valence-electron chi connectivity index (χ0n) is 11.6. The summed E-state index contributed by atoms with van der Waals surface area (Å²) in [5, 5.41) is 2.33. The Labute approximate surface area is 117 Å². The first-order valence-electron chi connectivity index (χ1n) is 6.51. The molecule has 108 valence electrons. The minimum atomic E-state index is -0.411. The van der Waals surface area contributed by atoms with Crippen LogP contribution in [-0.4, -0.2) is 43.0 Å². The van der Waals surface area contributed by atoms with Crippen LogP contribution >= 0.6 is 0 Å². The van der Waals surface area contributed by atoms with E-state index in [1.54, 1.807) is 18.9 Å². The summed E-state index contributed by atoms with van der Waals surface area (Å²) < 4.78 is 5.34. The fourth-order valence-electron chi connectivity index (χ4n) is 2.50. The van der Waals surface area contributed by atoms with Crippen molar-refractivity contribution < 1.29 is 14.3 Å². The van der Waals surface area contributed by atoms with E-state index in [4.69, 9.17) is 10.5 Å². The molecule has 1 saturated heterocycles. The number of piperazine rings is 1. The molecule has 1 aliphatic heterocycles. The minimum Gasteiger partial charge on any atom is -0.496 e. The Morgan fingerprint density at radius 2 is 2.15 bits per heavy atom. The first kappa shape index (κ1) is 14.5. The molecule has 0 radical (unpaired) electrons. The quantitative estimate of drug-likeness (QED) is 0.759. The fourth-order valence-corrected chi connectivity index (χ4v) is 2.50. The summed E-state index contributed by atoms with van der Waals surface area (Å²) in [7, 11) is 1.59. The number of carbonyl (C=O) groups is 2. The molecule has 6 heteroatoms. The molecule has 1 heterocycles. The molecule has 3 N–H and O–H groups in total. The third-order valence-electron chi connectivity index (χ3n) is 3.59. The standard InChI is InChI=1S/C14H19N3O3/c1-9-14(19)16-13(18)8-17(9)11(7-15)10-5-3-4-6-12(10)20-2/h3-6,9,11H,7-8,15H2,1-2H3,(H,16,18,19). The zero-order valence-corrected chi connectivity index (χ0v) is 11.6. The molecule has 2 amide bonds. The average Bonchev–Trinajstić information content (AvgIpc) is 2.45. The first-order chi connectivity index (χ1) is 9.58. The summed E-state index contributed by atoms with van der Waals surface area (Å²) in [4.78, 5) is 25.2. The van der Waals surface area contributed by atoms with E-state index in [0.29, 0.717) is 12.3 Å². The molecule has 1 aliphatic rings. The van der Waals surface area contributed by atoms with Gasteiger partial charge in [-0.25, -0.2) is 0 Å². The molecular weight excluding hydrogens is 258 g/mol. The number of methoxy groups -OCH3 is 1. The monoisotopic (exact) mass is 277 g/mol. The van der Waals surface area contributed by atoms with E-state index in [1.807, 2.05) is 24.3 Å². The largest absolute Gasteiger partial charge is 0.496 e. The van der Waals surface area contributed by atoms with Crippen molar-refractivity contribution in [2.24, 2.45) is 5.73 Å². The molecule has 2 atom stereocenters. The SMILES string of the molecule is COc1ccccc1C(CN)N1CC(=O)NC(=O)C1C. The minimum absolute atomic E-state index is 0.146. The number of para-hydroxylation sites is 1. The summed E-state index contributed by atoms with van der Waals surface area (Å²) in [5.74, 6) is 0.102. The number of rotatable bonds is 4. The lowest BCUT2D eigenvalue weighted by molar-refractivity contribution is -0.140. The fraction of sp³-hybridized carbons (Fsp3) is 0.429. The van der Waals surface area contributed by atoms with Crippen LogP contribution in [0.5, 0.6) is 5.75 Å². The van der Waals surface area contributed by atoms with E-state index >= 15 is 0 Å². The van der Waals surface area contributed by atoms with Crippen LogP contribution in [0.4, 0.5) is 0 Å². The van der Waals surface area contributed by atoms with Gasteiger partial charge in [0.25, 0.3) is 0 Å². The molecule has 2 rings (SSSR count). The number of benzene rings is 1. The number of ether oxygens (including phenoxy) is 1. The number of nitrogens with two attached hydrogens (primary N) is 1. The van der Waals surface area contributed by atoms with Crippen LogP contribution in [0.25, 0.3) is 0 Å². The lowest BCUT2D eigenvalue weighted by Gasteiger charge is -2.38. The number of nitrogens with one attached hydrogen (secondary N) is 1. The molecule has 0 bridgehead atoms. The van der Waals surface area contributed by atoms with Gasteiger partial charge in [-0.05, 0) is 13.0 Å². The highest BCUT2D eigenvalue weighted by Gasteiger charge is 2.35. The summed E-state index contributed by atoms with van der Waals surface area (Å²) >= 11 is 0. The van der Waals surface area contributed by atoms with Gasteiger partial charge in [0, 0.05) is 12.1 Å². The topological polar surface area (TPSA) is 84.7 Å². The number of hydrogen-bond acceptors (Lipinski definition) is 5. The van der Waals surface area contributed by atoms with E-state index in [2.05, 4.69) is 5.32 Å². The van der Waals surface area contributed by atoms with Crippen LogP contribution in [0.15, 0.2) is 24.3 Å². The van der Waals surface area contributed by atoms with Crippen LogP contribution in [0.2, 0.25) is 0 Å². The Balaban J connectivity index is 2.36. The van der Waals surface area contributed by atoms with Crippen LogP contribution in [0.1, 0.15) is 18.5 Å². The van der Waals surface area contributed by atoms with Gasteiger partial charge in [0.15, 0.2) is 0 Å². The number of carbonyl (C=O) groups excluding carboxylic acids is 2. The van der Waals surface area contributed by atoms with Crippen molar-refractivity contribution >= 4 is 11.8 Å². The van der Waals surface area contributed by atoms with Crippen molar-refractivity contribution in [3.05, 3.63) is 29.8 Å². The smallest absolute Gasteiger partial charge is 0.243 e. The van der Waals surface area contributed by atoms with Crippen molar-refractivity contribution in [3.63, 3.8) is 0 Å². The maximum absolute atomic E-state index is 11.8. The Kier molecular flexibility index (Phi) is 4.36. The van der Waals surface area contributed by atoms with Gasteiger partial charge in [0.2, 0.25) is 11.8 Å². The molecule has 0 aliphatic carbocycles. The van der Waals surface area contributed by atoms with Crippen LogP contribution in [0, 0.1) is 0 Å². The third-order valence-corrected chi connectivity index (χ3v) is 3.59. The second-order valence-corrected chi connectivity index (χ2v) is 4.75. The highest BCUT2D eigenvalue weighted by molar-refractivity contribution is 6.00. The number of imide groups is 1. The number of nitrogens with zero attached hydrogens (tertiary/aromatic N) is 1. The van der Waals surface area contributed by atoms with Crippen LogP contribution < -0.4 is 15.8 Å². The molecule has 1 aromatic rings. The lowest BCUT2D eigenvalue weighted by Crippen LogP contribution is -2.58. The molecule has 1 aromatic carbocycles. The molecule has 1 fully saturated rings. The summed E-state index contributed by atoms with van der Waals surface area (Å²) in [6.45, 7) is 2.21. The van der Waals surface area contributed by atoms with Crippen LogP contribution in [0.3, 0.4) is 0 Å². The average molecular weight is 277 g/mol. The lowest BCUT2D eigenvalue weighted by atomic mass is 10.0. The number of hydrogen-bond donors (Lipinski definition) is 2. The molecular formula is C14H19N3O3. The van der Waals surface area contributed by atoms with Gasteiger partial charge in [-0.15, -0.1) is 0 Å². The Morgan fingerprint density at radius 3 is 2.80 bits per heavy atom. The maximum Gasteiger partial charge on any atom is 0.243 e. The normalized spacial score (nSPS) is 21.4. The molecule has 0 saturated carbocycles. The van der Waals surface area contributed by atoms with Crippen molar-refractivity contribution in [2.45, 2.75) is 19.0 Å². The summed E-state index contributed by atoms with van der Waals surface area (Å²) in [5.41, 5.74) is 6.75. The summed E-state index contributed by atoms with van der Waals surface area (Å²) in [6.07, 6.45) is 0. The molecule has 0 aromatic heterocycles. The van der Waals surface area contributed by atoms with E-state index in [9.17, 15) is 9.59 Å². The second kappa shape index (κ2) is 6.02. The zero-order chi connectivity index (χ0) is 14.7.